The molecule has 2 aromatic rings. The number of benzene rings is 2. The van der Waals surface area contributed by atoms with Gasteiger partial charge in [0.1, 0.15) is 0 Å². The van der Waals surface area contributed by atoms with Crippen LogP contribution in [0.25, 0.3) is 0 Å². The number of fused-ring (bicyclic) bond motifs is 1. The van der Waals surface area contributed by atoms with E-state index >= 15 is 0 Å². The molecular formula is C16H15BrN2O3. The van der Waals surface area contributed by atoms with Gasteiger partial charge in [0.25, 0.3) is 0 Å². The smallest absolute Gasteiger partial charge is 0.243 e. The molecule has 0 aromatic heterocycles. The van der Waals surface area contributed by atoms with Crippen molar-refractivity contribution in [3.8, 4) is 11.5 Å². The number of halogens is 1. The number of carbonyl (C=O) groups is 1. The maximum absolute atomic E-state index is 12.0. The Kier molecular flexibility index (Phi) is 4.20. The molecule has 0 aliphatic carbocycles. The number of hydrogen-bond donors (Lipinski definition) is 2. The molecule has 1 aliphatic heterocycles. The molecule has 22 heavy (non-hydrogen) atoms. The molecule has 114 valence electrons. The summed E-state index contributed by atoms with van der Waals surface area (Å²) < 4.78 is 11.5. The molecule has 0 spiro atoms. The average Bonchev–Trinajstić information content (AvgIpc) is 2.96. The number of rotatable bonds is 4. The Morgan fingerprint density at radius 3 is 2.73 bits per heavy atom. The Morgan fingerprint density at radius 1 is 1.14 bits per heavy atom. The van der Waals surface area contributed by atoms with E-state index in [0.29, 0.717) is 5.75 Å². The van der Waals surface area contributed by atoms with Crippen molar-refractivity contribution in [1.82, 2.24) is 0 Å². The summed E-state index contributed by atoms with van der Waals surface area (Å²) in [6, 6.07) is 11.2. The van der Waals surface area contributed by atoms with Crippen molar-refractivity contribution in [1.29, 1.82) is 0 Å². The van der Waals surface area contributed by atoms with Gasteiger partial charge in [-0.3, -0.25) is 4.79 Å². The lowest BCUT2D eigenvalue weighted by Crippen LogP contribution is -2.21. The molecule has 1 aliphatic rings. The Bertz CT molecular complexity index is 719. The third kappa shape index (κ3) is 3.33. The zero-order valence-corrected chi connectivity index (χ0v) is 13.6. The Morgan fingerprint density at radius 2 is 1.91 bits per heavy atom. The molecule has 0 saturated carbocycles. The zero-order valence-electron chi connectivity index (χ0n) is 12.0. The van der Waals surface area contributed by atoms with Gasteiger partial charge in [0.2, 0.25) is 12.7 Å². The summed E-state index contributed by atoms with van der Waals surface area (Å²) in [5.41, 5.74) is 2.69. The van der Waals surface area contributed by atoms with Gasteiger partial charge in [0.15, 0.2) is 11.5 Å². The number of nitrogens with one attached hydrogen (secondary N) is 2. The Balaban J connectivity index is 1.57. The van der Waals surface area contributed by atoms with Crippen LogP contribution in [0.4, 0.5) is 11.4 Å². The molecule has 1 heterocycles. The summed E-state index contributed by atoms with van der Waals surface area (Å²) in [6.07, 6.45) is 0. The minimum absolute atomic E-state index is 0.117. The summed E-state index contributed by atoms with van der Waals surface area (Å²) in [6.45, 7) is 2.41. The molecule has 0 fully saturated rings. The van der Waals surface area contributed by atoms with Crippen molar-refractivity contribution < 1.29 is 14.3 Å². The van der Waals surface area contributed by atoms with Crippen molar-refractivity contribution in [3.63, 3.8) is 0 Å². The molecule has 5 nitrogen and oxygen atoms in total. The van der Waals surface area contributed by atoms with Crippen molar-refractivity contribution in [2.75, 3.05) is 24.0 Å². The predicted octanol–water partition coefficient (Wildman–Crippen LogP) is 3.54. The van der Waals surface area contributed by atoms with E-state index in [1.807, 2.05) is 43.3 Å². The molecule has 6 heteroatoms. The van der Waals surface area contributed by atoms with Crippen LogP contribution in [0.2, 0.25) is 0 Å². The van der Waals surface area contributed by atoms with Gasteiger partial charge in [0.05, 0.1) is 6.54 Å². The van der Waals surface area contributed by atoms with Crippen LogP contribution in [0.1, 0.15) is 5.56 Å². The van der Waals surface area contributed by atoms with Crippen LogP contribution in [0.3, 0.4) is 0 Å². The number of carbonyl (C=O) groups excluding carboxylic acids is 1. The van der Waals surface area contributed by atoms with Crippen LogP contribution >= 0.6 is 15.9 Å². The van der Waals surface area contributed by atoms with Crippen LogP contribution < -0.4 is 20.1 Å². The monoisotopic (exact) mass is 362 g/mol. The third-order valence-electron chi connectivity index (χ3n) is 3.28. The van der Waals surface area contributed by atoms with E-state index in [4.69, 9.17) is 9.47 Å². The van der Waals surface area contributed by atoms with Gasteiger partial charge < -0.3 is 20.1 Å². The maximum Gasteiger partial charge on any atom is 0.243 e. The van der Waals surface area contributed by atoms with Gasteiger partial charge in [-0.05, 0) is 36.8 Å². The first kappa shape index (κ1) is 14.7. The van der Waals surface area contributed by atoms with E-state index in [9.17, 15) is 4.79 Å². The highest BCUT2D eigenvalue weighted by Crippen LogP contribution is 2.34. The zero-order chi connectivity index (χ0) is 15.5. The van der Waals surface area contributed by atoms with Crippen LogP contribution in [-0.2, 0) is 4.79 Å². The van der Waals surface area contributed by atoms with E-state index in [2.05, 4.69) is 26.6 Å². The molecule has 3 rings (SSSR count). The molecule has 1 amide bonds. The van der Waals surface area contributed by atoms with Gasteiger partial charge >= 0.3 is 0 Å². The minimum Gasteiger partial charge on any atom is -0.454 e. The first-order valence-corrected chi connectivity index (χ1v) is 7.60. The molecule has 0 unspecified atom stereocenters. The fraction of sp³-hybridized carbons (Fsp3) is 0.188. The van der Waals surface area contributed by atoms with Gasteiger partial charge in [-0.2, -0.15) is 0 Å². The topological polar surface area (TPSA) is 59.6 Å². The average molecular weight is 363 g/mol. The summed E-state index contributed by atoms with van der Waals surface area (Å²) >= 11 is 3.45. The molecule has 2 N–H and O–H groups in total. The lowest BCUT2D eigenvalue weighted by Gasteiger charge is -2.09. The highest BCUT2D eigenvalue weighted by Gasteiger charge is 2.13. The van der Waals surface area contributed by atoms with E-state index < -0.39 is 0 Å². The second kappa shape index (κ2) is 6.27. The quantitative estimate of drug-likeness (QED) is 0.873. The SMILES string of the molecule is Cc1ccc(NC(=O)CNc2ccc3c(c2)OCO3)cc1Br. The lowest BCUT2D eigenvalue weighted by molar-refractivity contribution is -0.114. The summed E-state index contributed by atoms with van der Waals surface area (Å²) in [4.78, 5) is 12.0. The first-order valence-electron chi connectivity index (χ1n) is 6.81. The summed E-state index contributed by atoms with van der Waals surface area (Å²) in [5, 5.41) is 5.91. The summed E-state index contributed by atoms with van der Waals surface area (Å²) in [7, 11) is 0. The van der Waals surface area contributed by atoms with Crippen molar-refractivity contribution in [2.24, 2.45) is 0 Å². The highest BCUT2D eigenvalue weighted by molar-refractivity contribution is 9.10. The molecule has 0 bridgehead atoms. The number of aryl methyl sites for hydroxylation is 1. The number of amides is 1. The van der Waals surface area contributed by atoms with Crippen LogP contribution in [0, 0.1) is 6.92 Å². The fourth-order valence-corrected chi connectivity index (χ4v) is 2.44. The second-order valence-electron chi connectivity index (χ2n) is 4.93. The molecular weight excluding hydrogens is 348 g/mol. The number of ether oxygens (including phenoxy) is 2. The van der Waals surface area contributed by atoms with E-state index in [1.165, 1.54) is 0 Å². The Labute approximate surface area is 136 Å². The van der Waals surface area contributed by atoms with Crippen molar-refractivity contribution >= 4 is 33.2 Å². The third-order valence-corrected chi connectivity index (χ3v) is 4.14. The lowest BCUT2D eigenvalue weighted by atomic mass is 10.2. The number of anilines is 2. The Hall–Kier alpha value is -2.21. The van der Waals surface area contributed by atoms with E-state index in [1.54, 1.807) is 0 Å². The van der Waals surface area contributed by atoms with Crippen LogP contribution in [0.5, 0.6) is 11.5 Å². The van der Waals surface area contributed by atoms with Crippen LogP contribution in [0.15, 0.2) is 40.9 Å². The standard InChI is InChI=1S/C16H15BrN2O3/c1-10-2-3-12(6-13(10)17)19-16(20)8-18-11-4-5-14-15(7-11)22-9-21-14/h2-7,18H,8-9H2,1H3,(H,19,20). The van der Waals surface area contributed by atoms with Gasteiger partial charge in [-0.1, -0.05) is 22.0 Å². The molecule has 0 saturated heterocycles. The van der Waals surface area contributed by atoms with Gasteiger partial charge in [-0.15, -0.1) is 0 Å². The number of hydrogen-bond acceptors (Lipinski definition) is 4. The molecule has 0 atom stereocenters. The first-order chi connectivity index (χ1) is 10.6. The maximum atomic E-state index is 12.0. The highest BCUT2D eigenvalue weighted by atomic mass is 79.9. The van der Waals surface area contributed by atoms with Crippen LogP contribution in [-0.4, -0.2) is 19.2 Å². The minimum atomic E-state index is -0.117. The summed E-state index contributed by atoms with van der Waals surface area (Å²) in [5.74, 6) is 1.29. The normalized spacial score (nSPS) is 12.1. The largest absolute Gasteiger partial charge is 0.454 e. The second-order valence-corrected chi connectivity index (χ2v) is 5.79. The van der Waals surface area contributed by atoms with E-state index in [0.717, 1.165) is 27.2 Å². The fourth-order valence-electron chi connectivity index (χ4n) is 2.06. The molecule has 0 radical (unpaired) electrons. The predicted molar refractivity (Wildman–Crippen MR) is 88.6 cm³/mol. The van der Waals surface area contributed by atoms with Gasteiger partial charge in [-0.25, -0.2) is 0 Å². The van der Waals surface area contributed by atoms with Crippen molar-refractivity contribution in [3.05, 3.63) is 46.4 Å². The van der Waals surface area contributed by atoms with Gasteiger partial charge in [0, 0.05) is 21.9 Å². The van der Waals surface area contributed by atoms with Crippen molar-refractivity contribution in [2.45, 2.75) is 6.92 Å². The molecule has 2 aromatic carbocycles. The van der Waals surface area contributed by atoms with E-state index in [-0.39, 0.29) is 19.2 Å².